The van der Waals surface area contributed by atoms with E-state index in [9.17, 15) is 9.59 Å². The molecule has 0 spiro atoms. The summed E-state index contributed by atoms with van der Waals surface area (Å²) in [5, 5.41) is 10.3. The largest absolute Gasteiger partial charge is 0.296 e. The summed E-state index contributed by atoms with van der Waals surface area (Å²) < 4.78 is 0.826. The number of carbonyl (C=O) groups excluding carboxylic acids is 2. The Labute approximate surface area is 111 Å². The number of amides is 2. The van der Waals surface area contributed by atoms with Crippen LogP contribution >= 0.6 is 15.9 Å². The topological polar surface area (TPSA) is 74.8 Å². The van der Waals surface area contributed by atoms with Crippen LogP contribution in [0, 0.1) is 0 Å². The predicted octanol–water partition coefficient (Wildman–Crippen LogP) is 1.85. The van der Waals surface area contributed by atoms with Crippen molar-refractivity contribution < 1.29 is 9.59 Å². The number of hydrogen-bond donors (Lipinski definition) is 2. The van der Waals surface area contributed by atoms with E-state index in [1.165, 1.54) is 0 Å². The lowest BCUT2D eigenvalue weighted by atomic mass is 9.90. The molecule has 1 aliphatic rings. The first kappa shape index (κ1) is 11.4. The number of piperidine rings is 1. The van der Waals surface area contributed by atoms with Gasteiger partial charge < -0.3 is 0 Å². The van der Waals surface area contributed by atoms with Crippen LogP contribution in [0.25, 0.3) is 10.9 Å². The number of imide groups is 1. The van der Waals surface area contributed by atoms with E-state index in [1.807, 2.05) is 18.2 Å². The molecule has 1 aliphatic heterocycles. The summed E-state index contributed by atoms with van der Waals surface area (Å²) in [6, 6.07) is 5.71. The first-order valence-corrected chi connectivity index (χ1v) is 6.41. The summed E-state index contributed by atoms with van der Waals surface area (Å²) in [7, 11) is 0. The fourth-order valence-corrected chi connectivity index (χ4v) is 2.65. The highest BCUT2D eigenvalue weighted by Gasteiger charge is 2.28. The van der Waals surface area contributed by atoms with Gasteiger partial charge in [-0.3, -0.25) is 20.0 Å². The lowest BCUT2D eigenvalue weighted by Gasteiger charge is -2.20. The Morgan fingerprint density at radius 1 is 1.33 bits per heavy atom. The molecule has 1 aromatic carbocycles. The monoisotopic (exact) mass is 307 g/mol. The maximum Gasteiger partial charge on any atom is 0.234 e. The summed E-state index contributed by atoms with van der Waals surface area (Å²) in [6.45, 7) is 0. The van der Waals surface area contributed by atoms with Crippen molar-refractivity contribution in [3.8, 4) is 0 Å². The first-order valence-electron chi connectivity index (χ1n) is 5.62. The van der Waals surface area contributed by atoms with Crippen LogP contribution in [0.15, 0.2) is 22.8 Å². The Kier molecular flexibility index (Phi) is 2.66. The molecule has 0 saturated carbocycles. The van der Waals surface area contributed by atoms with E-state index in [1.54, 1.807) is 0 Å². The number of halogens is 1. The molecule has 1 atom stereocenters. The third-order valence-electron chi connectivity index (χ3n) is 3.17. The van der Waals surface area contributed by atoms with Crippen molar-refractivity contribution in [3.05, 3.63) is 28.4 Å². The quantitative estimate of drug-likeness (QED) is 0.790. The molecule has 2 amide bonds. The van der Waals surface area contributed by atoms with E-state index in [0.29, 0.717) is 12.8 Å². The summed E-state index contributed by atoms with van der Waals surface area (Å²) >= 11 is 3.37. The Morgan fingerprint density at radius 2 is 2.17 bits per heavy atom. The van der Waals surface area contributed by atoms with Gasteiger partial charge in [0.25, 0.3) is 0 Å². The van der Waals surface area contributed by atoms with Gasteiger partial charge in [0.05, 0.1) is 11.4 Å². The number of H-pyrrole nitrogens is 1. The smallest absolute Gasteiger partial charge is 0.234 e. The van der Waals surface area contributed by atoms with Crippen molar-refractivity contribution in [2.75, 3.05) is 0 Å². The Balaban J connectivity index is 1.99. The second-order valence-electron chi connectivity index (χ2n) is 4.32. The molecule has 0 radical (unpaired) electrons. The van der Waals surface area contributed by atoms with Crippen LogP contribution < -0.4 is 5.32 Å². The number of carbonyl (C=O) groups is 2. The van der Waals surface area contributed by atoms with Crippen molar-refractivity contribution in [1.29, 1.82) is 0 Å². The molecule has 1 saturated heterocycles. The second kappa shape index (κ2) is 4.20. The van der Waals surface area contributed by atoms with E-state index < -0.39 is 0 Å². The van der Waals surface area contributed by atoms with Gasteiger partial charge in [-0.05, 0) is 40.0 Å². The molecule has 1 fully saturated rings. The number of fused-ring (bicyclic) bond motifs is 1. The highest BCUT2D eigenvalue weighted by atomic mass is 79.9. The fourth-order valence-electron chi connectivity index (χ4n) is 2.22. The highest BCUT2D eigenvalue weighted by molar-refractivity contribution is 9.10. The third kappa shape index (κ3) is 1.82. The van der Waals surface area contributed by atoms with Crippen molar-refractivity contribution in [2.24, 2.45) is 0 Å². The van der Waals surface area contributed by atoms with Crippen LogP contribution in [0.5, 0.6) is 0 Å². The number of benzene rings is 1. The lowest BCUT2D eigenvalue weighted by molar-refractivity contribution is -0.134. The van der Waals surface area contributed by atoms with Gasteiger partial charge >= 0.3 is 0 Å². The molecule has 0 bridgehead atoms. The van der Waals surface area contributed by atoms with Crippen LogP contribution in [0.1, 0.15) is 24.3 Å². The normalized spacial score (nSPS) is 20.2. The average molecular weight is 308 g/mol. The predicted molar refractivity (Wildman–Crippen MR) is 68.9 cm³/mol. The van der Waals surface area contributed by atoms with Crippen LogP contribution in [-0.2, 0) is 9.59 Å². The molecule has 0 aliphatic carbocycles. The first-order chi connectivity index (χ1) is 8.65. The van der Waals surface area contributed by atoms with E-state index >= 15 is 0 Å². The molecule has 18 heavy (non-hydrogen) atoms. The standard InChI is InChI=1S/C12H10BrN3O2/c13-11-8-2-1-6(5-9(8)15-16-11)7-3-4-10(17)14-12(7)18/h1-2,5,7H,3-4H2,(H,15,16)(H,14,17,18). The molecule has 1 unspecified atom stereocenters. The number of hydrogen-bond acceptors (Lipinski definition) is 3. The summed E-state index contributed by atoms with van der Waals surface area (Å²) in [6.07, 6.45) is 0.945. The van der Waals surface area contributed by atoms with Gasteiger partial charge in [0.15, 0.2) is 0 Å². The number of aromatic nitrogens is 2. The minimum atomic E-state index is -0.262. The van der Waals surface area contributed by atoms with Gasteiger partial charge in [0.1, 0.15) is 4.60 Å². The minimum Gasteiger partial charge on any atom is -0.296 e. The summed E-state index contributed by atoms with van der Waals surface area (Å²) in [4.78, 5) is 22.9. The van der Waals surface area contributed by atoms with E-state index in [4.69, 9.17) is 0 Å². The maximum atomic E-state index is 11.8. The molecule has 2 aromatic rings. The van der Waals surface area contributed by atoms with Gasteiger partial charge in [-0.1, -0.05) is 6.07 Å². The Bertz CT molecular complexity index is 650. The second-order valence-corrected chi connectivity index (χ2v) is 5.11. The van der Waals surface area contributed by atoms with Crippen LogP contribution in [0.3, 0.4) is 0 Å². The lowest BCUT2D eigenvalue weighted by Crippen LogP contribution is -2.39. The Hall–Kier alpha value is -1.69. The molecule has 92 valence electrons. The fraction of sp³-hybridized carbons (Fsp3) is 0.250. The number of nitrogens with zero attached hydrogens (tertiary/aromatic N) is 1. The number of rotatable bonds is 1. The Morgan fingerprint density at radius 3 is 2.94 bits per heavy atom. The molecule has 5 nitrogen and oxygen atoms in total. The molecule has 3 rings (SSSR count). The molecular formula is C12H10BrN3O2. The molecular weight excluding hydrogens is 298 g/mol. The summed E-state index contributed by atoms with van der Waals surface area (Å²) in [5.74, 6) is -0.678. The van der Waals surface area contributed by atoms with Gasteiger partial charge in [-0.2, -0.15) is 5.10 Å². The average Bonchev–Trinajstić information content (AvgIpc) is 2.71. The molecule has 2 N–H and O–H groups in total. The SMILES string of the molecule is O=C1CCC(c2ccc3c(Br)[nH]nc3c2)C(=O)N1. The maximum absolute atomic E-state index is 11.8. The van der Waals surface area contributed by atoms with Gasteiger partial charge in [0, 0.05) is 11.8 Å². The van der Waals surface area contributed by atoms with Gasteiger partial charge in [0.2, 0.25) is 11.8 Å². The number of aromatic amines is 1. The minimum absolute atomic E-state index is 0.195. The molecule has 1 aromatic heterocycles. The van der Waals surface area contributed by atoms with Crippen molar-refractivity contribution in [2.45, 2.75) is 18.8 Å². The van der Waals surface area contributed by atoms with Crippen molar-refractivity contribution in [1.82, 2.24) is 15.5 Å². The van der Waals surface area contributed by atoms with E-state index in [0.717, 1.165) is 21.1 Å². The van der Waals surface area contributed by atoms with Crippen LogP contribution in [0.2, 0.25) is 0 Å². The zero-order valence-electron chi connectivity index (χ0n) is 9.37. The van der Waals surface area contributed by atoms with Crippen molar-refractivity contribution in [3.63, 3.8) is 0 Å². The third-order valence-corrected chi connectivity index (χ3v) is 3.78. The van der Waals surface area contributed by atoms with E-state index in [2.05, 4.69) is 31.4 Å². The van der Waals surface area contributed by atoms with Crippen molar-refractivity contribution >= 4 is 38.6 Å². The van der Waals surface area contributed by atoms with Gasteiger partial charge in [-0.15, -0.1) is 0 Å². The zero-order chi connectivity index (χ0) is 12.7. The molecule has 6 heteroatoms. The molecule has 2 heterocycles. The van der Waals surface area contributed by atoms with E-state index in [-0.39, 0.29) is 17.7 Å². The van der Waals surface area contributed by atoms with Crippen LogP contribution in [-0.4, -0.2) is 22.0 Å². The van der Waals surface area contributed by atoms with Crippen LogP contribution in [0.4, 0.5) is 0 Å². The summed E-state index contributed by atoms with van der Waals surface area (Å²) in [5.41, 5.74) is 1.70. The zero-order valence-corrected chi connectivity index (χ0v) is 11.0. The highest BCUT2D eigenvalue weighted by Crippen LogP contribution is 2.29. The number of nitrogens with one attached hydrogen (secondary N) is 2. The van der Waals surface area contributed by atoms with Gasteiger partial charge in [-0.25, -0.2) is 0 Å².